The van der Waals surface area contributed by atoms with E-state index in [1.165, 1.54) is 6.07 Å². The van der Waals surface area contributed by atoms with E-state index in [1.54, 1.807) is 37.3 Å². The largest absolute Gasteiger partial charge is 0.489 e. The molecule has 5 heteroatoms. The molecule has 104 valence electrons. The molecular weight excluding hydrogens is 325 g/mol. The Morgan fingerprint density at radius 3 is 2.80 bits per heavy atom. The Labute approximate surface area is 124 Å². The van der Waals surface area contributed by atoms with E-state index in [9.17, 15) is 4.39 Å². The van der Waals surface area contributed by atoms with E-state index < -0.39 is 0 Å². The van der Waals surface area contributed by atoms with Gasteiger partial charge in [0.05, 0.1) is 5.71 Å². The van der Waals surface area contributed by atoms with E-state index in [2.05, 4.69) is 21.1 Å². The van der Waals surface area contributed by atoms with Crippen molar-refractivity contribution >= 4 is 21.6 Å². The quantitative estimate of drug-likeness (QED) is 0.511. The maximum atomic E-state index is 13.7. The molecule has 0 aromatic heterocycles. The van der Waals surface area contributed by atoms with Crippen LogP contribution in [0.15, 0.2) is 52.1 Å². The van der Waals surface area contributed by atoms with Crippen LogP contribution in [0.5, 0.6) is 5.75 Å². The average Bonchev–Trinajstić information content (AvgIpc) is 2.46. The van der Waals surface area contributed by atoms with Crippen LogP contribution in [0.2, 0.25) is 0 Å². The summed E-state index contributed by atoms with van der Waals surface area (Å²) in [4.78, 5) is 0. The van der Waals surface area contributed by atoms with Crippen molar-refractivity contribution in [1.29, 1.82) is 0 Å². The van der Waals surface area contributed by atoms with Crippen LogP contribution in [0.3, 0.4) is 0 Å². The molecule has 0 unspecified atom stereocenters. The molecule has 0 heterocycles. The first-order valence-electron chi connectivity index (χ1n) is 5.96. The van der Waals surface area contributed by atoms with Gasteiger partial charge in [0.15, 0.2) is 0 Å². The van der Waals surface area contributed by atoms with Gasteiger partial charge in [0.25, 0.3) is 0 Å². The van der Waals surface area contributed by atoms with E-state index in [0.717, 1.165) is 5.56 Å². The lowest BCUT2D eigenvalue weighted by molar-refractivity contribution is 0.299. The first-order chi connectivity index (χ1) is 9.60. The van der Waals surface area contributed by atoms with Crippen molar-refractivity contribution in [2.24, 2.45) is 5.16 Å². The topological polar surface area (TPSA) is 41.8 Å². The summed E-state index contributed by atoms with van der Waals surface area (Å²) in [5.41, 5.74) is 1.72. The number of ether oxygens (including phenoxy) is 1. The molecule has 2 rings (SSSR count). The highest BCUT2D eigenvalue weighted by Gasteiger charge is 2.05. The van der Waals surface area contributed by atoms with Gasteiger partial charge in [0.1, 0.15) is 18.2 Å². The molecule has 0 atom stereocenters. The third-order valence-corrected chi connectivity index (χ3v) is 3.30. The molecule has 0 aliphatic rings. The Morgan fingerprint density at radius 1 is 1.30 bits per heavy atom. The number of hydrogen-bond acceptors (Lipinski definition) is 3. The van der Waals surface area contributed by atoms with Gasteiger partial charge in [-0.1, -0.05) is 39.3 Å². The summed E-state index contributed by atoms with van der Waals surface area (Å²) in [6.45, 7) is 1.82. The van der Waals surface area contributed by atoms with E-state index in [-0.39, 0.29) is 12.4 Å². The van der Waals surface area contributed by atoms with Gasteiger partial charge in [-0.05, 0) is 31.2 Å². The molecule has 2 aromatic carbocycles. The highest BCUT2D eigenvalue weighted by atomic mass is 79.9. The molecule has 0 fully saturated rings. The first-order valence-corrected chi connectivity index (χ1v) is 6.75. The predicted octanol–water partition coefficient (Wildman–Crippen LogP) is 4.37. The molecule has 1 N–H and O–H groups in total. The summed E-state index contributed by atoms with van der Waals surface area (Å²) in [6, 6.07) is 11.9. The lowest BCUT2D eigenvalue weighted by Gasteiger charge is -2.08. The van der Waals surface area contributed by atoms with Crippen molar-refractivity contribution in [3.05, 3.63) is 63.9 Å². The highest BCUT2D eigenvalue weighted by Crippen LogP contribution is 2.19. The fourth-order valence-corrected chi connectivity index (χ4v) is 2.00. The van der Waals surface area contributed by atoms with Crippen LogP contribution >= 0.6 is 15.9 Å². The molecule has 0 spiro atoms. The Morgan fingerprint density at radius 2 is 2.10 bits per heavy atom. The zero-order valence-electron chi connectivity index (χ0n) is 10.8. The van der Waals surface area contributed by atoms with Crippen LogP contribution in [0.1, 0.15) is 18.1 Å². The molecule has 0 radical (unpaired) electrons. The maximum Gasteiger partial charge on any atom is 0.130 e. The fourth-order valence-electron chi connectivity index (χ4n) is 1.67. The number of oxime groups is 1. The first kappa shape index (κ1) is 14.5. The summed E-state index contributed by atoms with van der Waals surface area (Å²) >= 11 is 3.21. The van der Waals surface area contributed by atoms with E-state index in [1.807, 2.05) is 6.07 Å². The van der Waals surface area contributed by atoms with Crippen molar-refractivity contribution < 1.29 is 14.3 Å². The van der Waals surface area contributed by atoms with Crippen LogP contribution in [0.4, 0.5) is 4.39 Å². The average molecular weight is 338 g/mol. The van der Waals surface area contributed by atoms with E-state index >= 15 is 0 Å². The van der Waals surface area contributed by atoms with Crippen LogP contribution in [-0.4, -0.2) is 10.9 Å². The molecule has 0 bridgehead atoms. The van der Waals surface area contributed by atoms with Gasteiger partial charge in [-0.15, -0.1) is 0 Å². The maximum absolute atomic E-state index is 13.7. The minimum Gasteiger partial charge on any atom is -0.489 e. The second-order valence-corrected chi connectivity index (χ2v) is 5.15. The molecular formula is C15H13BrFNO2. The molecule has 0 aliphatic heterocycles. The summed E-state index contributed by atoms with van der Waals surface area (Å²) in [5, 5.41) is 11.9. The predicted molar refractivity (Wildman–Crippen MR) is 78.9 cm³/mol. The standard InChI is InChI=1S/C15H13BrFNO2/c1-10(18-19)11-3-2-4-14(7-11)20-9-12-5-6-13(16)8-15(12)17/h2-8,19H,9H2,1H3/b18-10+. The second kappa shape index (κ2) is 6.52. The molecule has 20 heavy (non-hydrogen) atoms. The zero-order chi connectivity index (χ0) is 14.5. The Kier molecular flexibility index (Phi) is 4.74. The van der Waals surface area contributed by atoms with E-state index in [0.29, 0.717) is 21.5 Å². The zero-order valence-corrected chi connectivity index (χ0v) is 12.4. The van der Waals surface area contributed by atoms with Gasteiger partial charge in [-0.3, -0.25) is 0 Å². The molecule has 0 saturated heterocycles. The third-order valence-electron chi connectivity index (χ3n) is 2.81. The number of halogens is 2. The SMILES string of the molecule is C/C(=N\O)c1cccc(OCc2ccc(Br)cc2F)c1. The van der Waals surface area contributed by atoms with Crippen molar-refractivity contribution in [3.63, 3.8) is 0 Å². The molecule has 0 saturated carbocycles. The van der Waals surface area contributed by atoms with Gasteiger partial charge in [0.2, 0.25) is 0 Å². The Balaban J connectivity index is 2.11. The normalized spacial score (nSPS) is 11.4. The molecule has 2 aromatic rings. The molecule has 3 nitrogen and oxygen atoms in total. The van der Waals surface area contributed by atoms with Gasteiger partial charge in [-0.25, -0.2) is 4.39 Å². The number of nitrogens with zero attached hydrogens (tertiary/aromatic N) is 1. The lowest BCUT2D eigenvalue weighted by Crippen LogP contribution is -2.00. The Bertz CT molecular complexity index is 644. The molecule has 0 amide bonds. The summed E-state index contributed by atoms with van der Waals surface area (Å²) in [6.07, 6.45) is 0. The summed E-state index contributed by atoms with van der Waals surface area (Å²) < 4.78 is 19.9. The van der Waals surface area contributed by atoms with Gasteiger partial charge in [-0.2, -0.15) is 0 Å². The van der Waals surface area contributed by atoms with Crippen LogP contribution < -0.4 is 4.74 Å². The smallest absolute Gasteiger partial charge is 0.130 e. The second-order valence-electron chi connectivity index (χ2n) is 4.24. The number of benzene rings is 2. The lowest BCUT2D eigenvalue weighted by atomic mass is 10.1. The van der Waals surface area contributed by atoms with Gasteiger partial charge < -0.3 is 9.94 Å². The Hall–Kier alpha value is -1.88. The van der Waals surface area contributed by atoms with E-state index in [4.69, 9.17) is 9.94 Å². The van der Waals surface area contributed by atoms with Crippen molar-refractivity contribution in [1.82, 2.24) is 0 Å². The minimum atomic E-state index is -0.316. The van der Waals surface area contributed by atoms with Crippen LogP contribution in [0.25, 0.3) is 0 Å². The van der Waals surface area contributed by atoms with Crippen LogP contribution in [-0.2, 0) is 6.61 Å². The fraction of sp³-hybridized carbons (Fsp3) is 0.133. The van der Waals surface area contributed by atoms with Crippen molar-refractivity contribution in [3.8, 4) is 5.75 Å². The minimum absolute atomic E-state index is 0.137. The van der Waals surface area contributed by atoms with Crippen molar-refractivity contribution in [2.45, 2.75) is 13.5 Å². The van der Waals surface area contributed by atoms with Crippen LogP contribution in [0, 0.1) is 5.82 Å². The van der Waals surface area contributed by atoms with Crippen molar-refractivity contribution in [2.75, 3.05) is 0 Å². The summed E-state index contributed by atoms with van der Waals surface area (Å²) in [7, 11) is 0. The van der Waals surface area contributed by atoms with Gasteiger partial charge in [0, 0.05) is 15.6 Å². The van der Waals surface area contributed by atoms with Gasteiger partial charge >= 0.3 is 0 Å². The number of rotatable bonds is 4. The molecule has 0 aliphatic carbocycles. The monoisotopic (exact) mass is 337 g/mol. The third kappa shape index (κ3) is 3.57. The summed E-state index contributed by atoms with van der Waals surface area (Å²) in [5.74, 6) is 0.274. The highest BCUT2D eigenvalue weighted by molar-refractivity contribution is 9.10. The number of hydrogen-bond donors (Lipinski definition) is 1.